The number of azo groups is 1. The molecule has 0 atom stereocenters. The molecule has 5 nitrogen and oxygen atoms in total. The third-order valence-electron chi connectivity index (χ3n) is 2.68. The molecule has 0 amide bonds. The van der Waals surface area contributed by atoms with Gasteiger partial charge in [-0.05, 0) is 30.7 Å². The van der Waals surface area contributed by atoms with Crippen molar-refractivity contribution < 1.29 is 5.11 Å². The Morgan fingerprint density at radius 2 is 1.95 bits per heavy atom. The van der Waals surface area contributed by atoms with E-state index >= 15 is 0 Å². The largest absolute Gasteiger partial charge is 0.506 e. The molecular formula is C14H16N4O. The first-order chi connectivity index (χ1) is 9.08. The number of aromatic nitrogens is 1. The Kier molecular flexibility index (Phi) is 3.75. The molecule has 2 rings (SSSR count). The third-order valence-corrected chi connectivity index (χ3v) is 2.68. The van der Waals surface area contributed by atoms with Crippen LogP contribution in [0.25, 0.3) is 0 Å². The summed E-state index contributed by atoms with van der Waals surface area (Å²) in [5, 5.41) is 18.0. The molecule has 1 heterocycles. The van der Waals surface area contributed by atoms with Gasteiger partial charge >= 0.3 is 0 Å². The molecule has 5 heteroatoms. The van der Waals surface area contributed by atoms with E-state index in [1.807, 2.05) is 38.1 Å². The Morgan fingerprint density at radius 3 is 2.58 bits per heavy atom. The highest BCUT2D eigenvalue weighted by Gasteiger charge is 2.07. The van der Waals surface area contributed by atoms with E-state index in [9.17, 15) is 5.11 Å². The molecule has 1 aromatic carbocycles. The van der Waals surface area contributed by atoms with Crippen molar-refractivity contribution in [3.63, 3.8) is 0 Å². The molecule has 1 aromatic heterocycles. The predicted octanol–water partition coefficient (Wildman–Crippen LogP) is 3.58. The number of phenolic OH excluding ortho intramolecular Hbond substituents is 1. The summed E-state index contributed by atoms with van der Waals surface area (Å²) in [6.45, 7) is 1.97. The van der Waals surface area contributed by atoms with Crippen LogP contribution < -0.4 is 4.90 Å². The number of aryl methyl sites for hydroxylation is 1. The Hall–Kier alpha value is -2.43. The quantitative estimate of drug-likeness (QED) is 0.854. The number of benzene rings is 1. The second kappa shape index (κ2) is 5.48. The molecule has 0 unspecified atom stereocenters. The summed E-state index contributed by atoms with van der Waals surface area (Å²) in [6, 6.07) is 8.88. The van der Waals surface area contributed by atoms with Gasteiger partial charge in [0.15, 0.2) is 5.82 Å². The highest BCUT2D eigenvalue weighted by atomic mass is 16.3. The van der Waals surface area contributed by atoms with Crippen molar-refractivity contribution in [3.05, 3.63) is 42.1 Å². The lowest BCUT2D eigenvalue weighted by molar-refractivity contribution is 0.476. The van der Waals surface area contributed by atoms with Crippen molar-refractivity contribution in [3.8, 4) is 5.75 Å². The van der Waals surface area contributed by atoms with Crippen molar-refractivity contribution in [2.45, 2.75) is 6.92 Å². The minimum absolute atomic E-state index is 0.106. The minimum Gasteiger partial charge on any atom is -0.506 e. The number of pyridine rings is 1. The normalized spacial score (nSPS) is 10.9. The van der Waals surface area contributed by atoms with E-state index < -0.39 is 0 Å². The van der Waals surface area contributed by atoms with Gasteiger partial charge < -0.3 is 10.0 Å². The third kappa shape index (κ3) is 3.07. The van der Waals surface area contributed by atoms with Gasteiger partial charge in [0.1, 0.15) is 11.4 Å². The number of rotatable bonds is 3. The van der Waals surface area contributed by atoms with E-state index in [0.717, 1.165) is 11.3 Å². The van der Waals surface area contributed by atoms with Crippen LogP contribution in [0.15, 0.2) is 46.8 Å². The summed E-state index contributed by atoms with van der Waals surface area (Å²) in [6.07, 6.45) is 1.65. The number of anilines is 1. The SMILES string of the molecule is Cc1cc(N=Nc2ccccn2)c(O)cc1N(C)C. The molecule has 1 N–H and O–H groups in total. The lowest BCUT2D eigenvalue weighted by atomic mass is 10.1. The number of aromatic hydroxyl groups is 1. The van der Waals surface area contributed by atoms with Crippen LogP contribution in [0.4, 0.5) is 17.2 Å². The summed E-state index contributed by atoms with van der Waals surface area (Å²) < 4.78 is 0. The van der Waals surface area contributed by atoms with Crippen molar-refractivity contribution in [2.75, 3.05) is 19.0 Å². The molecular weight excluding hydrogens is 240 g/mol. The van der Waals surface area contributed by atoms with Crippen LogP contribution in [0, 0.1) is 6.92 Å². The van der Waals surface area contributed by atoms with E-state index in [-0.39, 0.29) is 5.75 Å². The van der Waals surface area contributed by atoms with Crippen LogP contribution in [0.1, 0.15) is 5.56 Å². The first-order valence-corrected chi connectivity index (χ1v) is 5.91. The Labute approximate surface area is 112 Å². The number of hydrogen-bond donors (Lipinski definition) is 1. The Bertz CT molecular complexity index is 594. The molecule has 2 aromatic rings. The summed E-state index contributed by atoms with van der Waals surface area (Å²) >= 11 is 0. The second-order valence-corrected chi connectivity index (χ2v) is 4.41. The maximum Gasteiger partial charge on any atom is 0.174 e. The molecule has 0 saturated carbocycles. The fraction of sp³-hybridized carbons (Fsp3) is 0.214. The van der Waals surface area contributed by atoms with Crippen LogP contribution in [-0.4, -0.2) is 24.2 Å². The standard InChI is InChI=1S/C14H16N4O/c1-10-8-11(13(19)9-12(10)18(2)3)16-17-14-6-4-5-7-15-14/h4-9,19H,1-3H3. The van der Waals surface area contributed by atoms with E-state index in [1.165, 1.54) is 0 Å². The maximum atomic E-state index is 9.94. The molecule has 0 radical (unpaired) electrons. The molecule has 0 spiro atoms. The highest BCUT2D eigenvalue weighted by Crippen LogP contribution is 2.34. The average molecular weight is 256 g/mol. The van der Waals surface area contributed by atoms with E-state index in [1.54, 1.807) is 24.4 Å². The van der Waals surface area contributed by atoms with Crippen LogP contribution in [0.5, 0.6) is 5.75 Å². The molecule has 0 aliphatic heterocycles. The predicted molar refractivity (Wildman–Crippen MR) is 75.6 cm³/mol. The minimum atomic E-state index is 0.106. The van der Waals surface area contributed by atoms with Crippen LogP contribution >= 0.6 is 0 Å². The molecule has 0 aliphatic rings. The maximum absolute atomic E-state index is 9.94. The van der Waals surface area contributed by atoms with Gasteiger partial charge in [-0.25, -0.2) is 4.98 Å². The average Bonchev–Trinajstić information content (AvgIpc) is 2.40. The lowest BCUT2D eigenvalue weighted by Crippen LogP contribution is -2.09. The molecule has 0 aliphatic carbocycles. The van der Waals surface area contributed by atoms with Crippen molar-refractivity contribution in [1.29, 1.82) is 0 Å². The van der Waals surface area contributed by atoms with Crippen molar-refractivity contribution >= 4 is 17.2 Å². The fourth-order valence-electron chi connectivity index (χ4n) is 1.75. The van der Waals surface area contributed by atoms with Crippen molar-refractivity contribution in [2.24, 2.45) is 10.2 Å². The fourth-order valence-corrected chi connectivity index (χ4v) is 1.75. The van der Waals surface area contributed by atoms with Gasteiger partial charge in [-0.2, -0.15) is 0 Å². The summed E-state index contributed by atoms with van der Waals surface area (Å²) in [5.74, 6) is 0.616. The smallest absolute Gasteiger partial charge is 0.174 e. The van der Waals surface area contributed by atoms with Crippen LogP contribution in [0.3, 0.4) is 0 Å². The molecule has 0 saturated heterocycles. The monoisotopic (exact) mass is 256 g/mol. The molecule has 19 heavy (non-hydrogen) atoms. The van der Waals surface area contributed by atoms with E-state index in [4.69, 9.17) is 0 Å². The molecule has 0 bridgehead atoms. The van der Waals surface area contributed by atoms with Gasteiger partial charge in [-0.1, -0.05) is 6.07 Å². The number of nitrogens with zero attached hydrogens (tertiary/aromatic N) is 4. The topological polar surface area (TPSA) is 61.1 Å². The van der Waals surface area contributed by atoms with Gasteiger partial charge in [0.2, 0.25) is 0 Å². The zero-order valence-corrected chi connectivity index (χ0v) is 11.2. The van der Waals surface area contributed by atoms with Crippen molar-refractivity contribution in [1.82, 2.24) is 4.98 Å². The van der Waals surface area contributed by atoms with Gasteiger partial charge in [0.25, 0.3) is 0 Å². The van der Waals surface area contributed by atoms with E-state index in [0.29, 0.717) is 11.5 Å². The zero-order valence-electron chi connectivity index (χ0n) is 11.2. The van der Waals surface area contributed by atoms with Crippen LogP contribution in [0.2, 0.25) is 0 Å². The summed E-state index contributed by atoms with van der Waals surface area (Å²) in [4.78, 5) is 5.98. The van der Waals surface area contributed by atoms with Gasteiger partial charge in [0, 0.05) is 32.0 Å². The molecule has 98 valence electrons. The first-order valence-electron chi connectivity index (χ1n) is 5.91. The van der Waals surface area contributed by atoms with Crippen LogP contribution in [-0.2, 0) is 0 Å². The lowest BCUT2D eigenvalue weighted by Gasteiger charge is -2.16. The highest BCUT2D eigenvalue weighted by molar-refractivity contribution is 5.65. The van der Waals surface area contributed by atoms with Gasteiger partial charge in [0.05, 0.1) is 0 Å². The summed E-state index contributed by atoms with van der Waals surface area (Å²) in [7, 11) is 3.85. The van der Waals surface area contributed by atoms with Gasteiger partial charge in [-0.15, -0.1) is 10.2 Å². The zero-order chi connectivity index (χ0) is 13.8. The first kappa shape index (κ1) is 13.0. The number of phenols is 1. The van der Waals surface area contributed by atoms with Gasteiger partial charge in [-0.3, -0.25) is 0 Å². The van der Waals surface area contributed by atoms with E-state index in [2.05, 4.69) is 15.2 Å². The second-order valence-electron chi connectivity index (χ2n) is 4.41. The Balaban J connectivity index is 2.32. The Morgan fingerprint density at radius 1 is 1.16 bits per heavy atom. The number of hydrogen-bond acceptors (Lipinski definition) is 5. The summed E-state index contributed by atoms with van der Waals surface area (Å²) in [5.41, 5.74) is 2.42. The molecule has 0 fully saturated rings.